The van der Waals surface area contributed by atoms with Crippen molar-refractivity contribution in [1.29, 1.82) is 0 Å². The first-order valence-electron chi connectivity index (χ1n) is 11.0. The highest BCUT2D eigenvalue weighted by Crippen LogP contribution is 2.20. The number of carboxylic acid groups (broad SMARTS) is 1. The number of aliphatic carboxylic acids is 1. The van der Waals surface area contributed by atoms with E-state index in [1.807, 2.05) is 53.1 Å². The topological polar surface area (TPSA) is 81.4 Å². The SMILES string of the molecule is CC(C)Cc1ccc(C(=O)c2nccn2C/C=C/c2ccc(OC(C)(C)C(=O)O)cc2)cc1. The molecule has 2 aromatic carbocycles. The van der Waals surface area contributed by atoms with Gasteiger partial charge >= 0.3 is 5.97 Å². The summed E-state index contributed by atoms with van der Waals surface area (Å²) >= 11 is 0. The smallest absolute Gasteiger partial charge is 0.347 e. The number of rotatable bonds is 10. The second kappa shape index (κ2) is 10.3. The van der Waals surface area contributed by atoms with E-state index in [-0.39, 0.29) is 5.78 Å². The summed E-state index contributed by atoms with van der Waals surface area (Å²) in [6, 6.07) is 14.9. The molecule has 0 aliphatic rings. The van der Waals surface area contributed by atoms with Gasteiger partial charge < -0.3 is 14.4 Å². The lowest BCUT2D eigenvalue weighted by molar-refractivity contribution is -0.152. The summed E-state index contributed by atoms with van der Waals surface area (Å²) in [6.45, 7) is 7.86. The monoisotopic (exact) mass is 446 g/mol. The van der Waals surface area contributed by atoms with Crippen molar-refractivity contribution >= 4 is 17.8 Å². The Hall–Kier alpha value is -3.67. The van der Waals surface area contributed by atoms with E-state index < -0.39 is 11.6 Å². The van der Waals surface area contributed by atoms with Gasteiger partial charge in [0.15, 0.2) is 11.4 Å². The first-order chi connectivity index (χ1) is 15.7. The van der Waals surface area contributed by atoms with Gasteiger partial charge in [0.25, 0.3) is 0 Å². The van der Waals surface area contributed by atoms with E-state index in [4.69, 9.17) is 4.74 Å². The van der Waals surface area contributed by atoms with Gasteiger partial charge in [0.1, 0.15) is 5.75 Å². The molecule has 1 heterocycles. The van der Waals surface area contributed by atoms with E-state index in [1.165, 1.54) is 19.4 Å². The number of ketones is 1. The molecule has 1 N–H and O–H groups in total. The summed E-state index contributed by atoms with van der Waals surface area (Å²) in [5.74, 6) is 0.325. The molecule has 0 amide bonds. The number of hydrogen-bond acceptors (Lipinski definition) is 4. The minimum atomic E-state index is -1.30. The van der Waals surface area contributed by atoms with Gasteiger partial charge in [0, 0.05) is 24.5 Å². The molecular formula is C27H30N2O4. The molecule has 0 bridgehead atoms. The second-order valence-electron chi connectivity index (χ2n) is 8.92. The maximum absolute atomic E-state index is 12.9. The zero-order valence-corrected chi connectivity index (χ0v) is 19.5. The average molecular weight is 447 g/mol. The minimum Gasteiger partial charge on any atom is -0.478 e. The van der Waals surface area contributed by atoms with Crippen LogP contribution in [0, 0.1) is 5.92 Å². The molecule has 172 valence electrons. The maximum Gasteiger partial charge on any atom is 0.347 e. The molecule has 0 saturated heterocycles. The summed E-state index contributed by atoms with van der Waals surface area (Å²) in [7, 11) is 0. The van der Waals surface area contributed by atoms with E-state index in [0.29, 0.717) is 29.6 Å². The zero-order chi connectivity index (χ0) is 24.0. The fourth-order valence-corrected chi connectivity index (χ4v) is 3.35. The number of benzene rings is 2. The summed E-state index contributed by atoms with van der Waals surface area (Å²) in [4.78, 5) is 28.4. The van der Waals surface area contributed by atoms with Crippen LogP contribution in [-0.2, 0) is 17.8 Å². The lowest BCUT2D eigenvalue weighted by Crippen LogP contribution is -2.37. The van der Waals surface area contributed by atoms with Crippen LogP contribution in [0.15, 0.2) is 67.0 Å². The van der Waals surface area contributed by atoms with Crippen LogP contribution in [0.2, 0.25) is 0 Å². The Labute approximate surface area is 194 Å². The molecule has 0 saturated carbocycles. The molecule has 0 unspecified atom stereocenters. The molecule has 0 fully saturated rings. The molecule has 0 aliphatic carbocycles. The molecule has 3 rings (SSSR count). The fourth-order valence-electron chi connectivity index (χ4n) is 3.35. The Morgan fingerprint density at radius 2 is 1.76 bits per heavy atom. The van der Waals surface area contributed by atoms with Crippen molar-refractivity contribution in [2.24, 2.45) is 5.92 Å². The van der Waals surface area contributed by atoms with Crippen LogP contribution in [0.3, 0.4) is 0 Å². The Morgan fingerprint density at radius 1 is 1.09 bits per heavy atom. The summed E-state index contributed by atoms with van der Waals surface area (Å²) in [5, 5.41) is 9.17. The predicted molar refractivity (Wildman–Crippen MR) is 128 cm³/mol. The molecule has 3 aromatic rings. The number of carboxylic acids is 1. The molecule has 1 aromatic heterocycles. The van der Waals surface area contributed by atoms with Gasteiger partial charge in [0.2, 0.25) is 5.78 Å². The number of imidazole rings is 1. The standard InChI is InChI=1S/C27H30N2O4/c1-19(2)18-21-7-11-22(12-8-21)24(30)25-28-15-17-29(25)16-5-6-20-9-13-23(14-10-20)33-27(3,4)26(31)32/h5-15,17,19H,16,18H2,1-4H3,(H,31,32)/b6-5+. The van der Waals surface area contributed by atoms with E-state index in [0.717, 1.165) is 12.0 Å². The highest BCUT2D eigenvalue weighted by Gasteiger charge is 2.29. The number of nitrogens with zero attached hydrogens (tertiary/aromatic N) is 2. The van der Waals surface area contributed by atoms with Gasteiger partial charge in [-0.2, -0.15) is 0 Å². The Bertz CT molecular complexity index is 1120. The second-order valence-corrected chi connectivity index (χ2v) is 8.92. The maximum atomic E-state index is 12.9. The van der Waals surface area contributed by atoms with Crippen molar-refractivity contribution in [2.75, 3.05) is 0 Å². The van der Waals surface area contributed by atoms with Gasteiger partial charge in [-0.3, -0.25) is 4.79 Å². The number of carbonyl (C=O) groups is 2. The Balaban J connectivity index is 1.63. The quantitative estimate of drug-likeness (QED) is 0.429. The molecule has 6 heteroatoms. The van der Waals surface area contributed by atoms with Gasteiger partial charge in [-0.1, -0.05) is 62.4 Å². The van der Waals surface area contributed by atoms with Gasteiger partial charge in [-0.25, -0.2) is 9.78 Å². The Kier molecular flexibility index (Phi) is 7.48. The number of hydrogen-bond donors (Lipinski definition) is 1. The van der Waals surface area contributed by atoms with Crippen LogP contribution in [0.4, 0.5) is 0 Å². The van der Waals surface area contributed by atoms with Gasteiger partial charge in [-0.15, -0.1) is 0 Å². The minimum absolute atomic E-state index is 0.105. The molecule has 0 aliphatic heterocycles. The highest BCUT2D eigenvalue weighted by molar-refractivity contribution is 6.06. The largest absolute Gasteiger partial charge is 0.478 e. The number of allylic oxidation sites excluding steroid dienone is 1. The van der Waals surface area contributed by atoms with Crippen LogP contribution in [0.5, 0.6) is 5.75 Å². The molecular weight excluding hydrogens is 416 g/mol. The summed E-state index contributed by atoms with van der Waals surface area (Å²) in [5.41, 5.74) is 1.48. The van der Waals surface area contributed by atoms with E-state index in [2.05, 4.69) is 18.8 Å². The molecule has 33 heavy (non-hydrogen) atoms. The van der Waals surface area contributed by atoms with Crippen molar-refractivity contribution in [3.63, 3.8) is 0 Å². The predicted octanol–water partition coefficient (Wildman–Crippen LogP) is 5.27. The third-order valence-corrected chi connectivity index (χ3v) is 5.16. The van der Waals surface area contributed by atoms with Gasteiger partial charge in [-0.05, 0) is 49.4 Å². The molecule has 6 nitrogen and oxygen atoms in total. The zero-order valence-electron chi connectivity index (χ0n) is 19.5. The van der Waals surface area contributed by atoms with Crippen molar-refractivity contribution in [3.05, 3.63) is 89.5 Å². The van der Waals surface area contributed by atoms with Crippen molar-refractivity contribution in [3.8, 4) is 5.75 Å². The van der Waals surface area contributed by atoms with Crippen LogP contribution >= 0.6 is 0 Å². The van der Waals surface area contributed by atoms with Crippen LogP contribution in [0.25, 0.3) is 6.08 Å². The molecule has 0 spiro atoms. The van der Waals surface area contributed by atoms with E-state index in [9.17, 15) is 14.7 Å². The van der Waals surface area contributed by atoms with Crippen LogP contribution in [0.1, 0.15) is 55.0 Å². The molecule has 0 atom stereocenters. The number of aromatic nitrogens is 2. The third kappa shape index (κ3) is 6.42. The Morgan fingerprint density at radius 3 is 2.36 bits per heavy atom. The lowest BCUT2D eigenvalue weighted by Gasteiger charge is -2.21. The molecule has 0 radical (unpaired) electrons. The van der Waals surface area contributed by atoms with Crippen LogP contribution in [-0.4, -0.2) is 32.0 Å². The first kappa shape index (κ1) is 24.0. The van der Waals surface area contributed by atoms with E-state index in [1.54, 1.807) is 24.5 Å². The van der Waals surface area contributed by atoms with Crippen molar-refractivity contribution < 1.29 is 19.4 Å². The number of carbonyl (C=O) groups excluding carboxylic acids is 1. The number of ether oxygens (including phenoxy) is 1. The lowest BCUT2D eigenvalue weighted by atomic mass is 10.0. The van der Waals surface area contributed by atoms with Crippen molar-refractivity contribution in [1.82, 2.24) is 9.55 Å². The summed E-state index contributed by atoms with van der Waals surface area (Å²) in [6.07, 6.45) is 8.28. The third-order valence-electron chi connectivity index (χ3n) is 5.16. The fraction of sp³-hybridized carbons (Fsp3) is 0.296. The summed E-state index contributed by atoms with van der Waals surface area (Å²) < 4.78 is 7.33. The van der Waals surface area contributed by atoms with Gasteiger partial charge in [0.05, 0.1) is 0 Å². The van der Waals surface area contributed by atoms with Crippen LogP contribution < -0.4 is 4.74 Å². The normalized spacial score (nSPS) is 11.8. The van der Waals surface area contributed by atoms with E-state index >= 15 is 0 Å². The first-order valence-corrected chi connectivity index (χ1v) is 11.0. The average Bonchev–Trinajstić information content (AvgIpc) is 3.23. The van der Waals surface area contributed by atoms with Crippen molar-refractivity contribution in [2.45, 2.75) is 46.3 Å². The highest BCUT2D eigenvalue weighted by atomic mass is 16.5.